The van der Waals surface area contributed by atoms with Gasteiger partial charge in [-0.1, -0.05) is 28.8 Å². The lowest BCUT2D eigenvalue weighted by Crippen LogP contribution is -2.38. The summed E-state index contributed by atoms with van der Waals surface area (Å²) < 4.78 is 3.79. The number of hydrogen-bond acceptors (Lipinski definition) is 5. The lowest BCUT2D eigenvalue weighted by molar-refractivity contribution is 0.238. The standard InChI is InChI=1S/C16H17N5OS/c1-11(14-10-23-21-20-14)19-16(22)18-9-7-13-5-2-4-12-6-3-8-17-15(12)13/h2-6,8,10-11H,7,9H2,1H3,(H2,18,19,22). The van der Waals surface area contributed by atoms with Crippen molar-refractivity contribution in [1.82, 2.24) is 25.2 Å². The molecule has 6 nitrogen and oxygen atoms in total. The predicted molar refractivity (Wildman–Crippen MR) is 90.3 cm³/mol. The molecule has 0 spiro atoms. The van der Waals surface area contributed by atoms with Crippen molar-refractivity contribution >= 4 is 28.5 Å². The van der Waals surface area contributed by atoms with Crippen LogP contribution in [0.3, 0.4) is 0 Å². The van der Waals surface area contributed by atoms with Crippen LogP contribution in [0, 0.1) is 0 Å². The number of rotatable bonds is 5. The van der Waals surface area contributed by atoms with E-state index in [2.05, 4.69) is 25.2 Å². The van der Waals surface area contributed by atoms with Gasteiger partial charge >= 0.3 is 6.03 Å². The summed E-state index contributed by atoms with van der Waals surface area (Å²) in [5.41, 5.74) is 2.88. The maximum absolute atomic E-state index is 11.9. The number of carbonyl (C=O) groups excluding carboxylic acids is 1. The fourth-order valence-corrected chi connectivity index (χ4v) is 2.91. The van der Waals surface area contributed by atoms with E-state index in [1.807, 2.05) is 42.6 Å². The summed E-state index contributed by atoms with van der Waals surface area (Å²) >= 11 is 1.27. The minimum atomic E-state index is -0.210. The number of hydrogen-bond donors (Lipinski definition) is 2. The smallest absolute Gasteiger partial charge is 0.315 e. The Hall–Kier alpha value is -2.54. The van der Waals surface area contributed by atoms with E-state index in [-0.39, 0.29) is 12.1 Å². The van der Waals surface area contributed by atoms with Crippen LogP contribution in [0.1, 0.15) is 24.2 Å². The molecule has 2 amide bonds. The second-order valence-electron chi connectivity index (χ2n) is 5.19. The fraction of sp³-hybridized carbons (Fsp3) is 0.250. The van der Waals surface area contributed by atoms with Crippen molar-refractivity contribution in [2.24, 2.45) is 0 Å². The molecule has 1 aromatic carbocycles. The molecular weight excluding hydrogens is 310 g/mol. The molecule has 0 aliphatic carbocycles. The fourth-order valence-electron chi connectivity index (χ4n) is 2.36. The minimum Gasteiger partial charge on any atom is -0.338 e. The number of nitrogens with zero attached hydrogens (tertiary/aromatic N) is 3. The zero-order valence-corrected chi connectivity index (χ0v) is 13.5. The Morgan fingerprint density at radius 3 is 3.00 bits per heavy atom. The van der Waals surface area contributed by atoms with Gasteiger partial charge < -0.3 is 10.6 Å². The van der Waals surface area contributed by atoms with Gasteiger partial charge in [-0.3, -0.25) is 4.98 Å². The number of aromatic nitrogens is 3. The number of fused-ring (bicyclic) bond motifs is 1. The summed E-state index contributed by atoms with van der Waals surface area (Å²) in [6.45, 7) is 2.43. The van der Waals surface area contributed by atoms with E-state index in [1.165, 1.54) is 11.5 Å². The van der Waals surface area contributed by atoms with Gasteiger partial charge in [-0.05, 0) is 36.5 Å². The third-order valence-electron chi connectivity index (χ3n) is 3.56. The Kier molecular flexibility index (Phi) is 4.77. The molecule has 0 saturated carbocycles. The summed E-state index contributed by atoms with van der Waals surface area (Å²) in [6, 6.07) is 9.68. The molecule has 0 fully saturated rings. The molecule has 2 N–H and O–H groups in total. The monoisotopic (exact) mass is 327 g/mol. The topological polar surface area (TPSA) is 79.8 Å². The maximum Gasteiger partial charge on any atom is 0.315 e. The van der Waals surface area contributed by atoms with E-state index in [0.29, 0.717) is 6.54 Å². The number of urea groups is 1. The molecule has 1 atom stereocenters. The Morgan fingerprint density at radius 1 is 1.30 bits per heavy atom. The van der Waals surface area contributed by atoms with Crippen molar-refractivity contribution in [3.63, 3.8) is 0 Å². The quantitative estimate of drug-likeness (QED) is 0.755. The van der Waals surface area contributed by atoms with Crippen LogP contribution >= 0.6 is 11.5 Å². The van der Waals surface area contributed by atoms with Crippen molar-refractivity contribution in [3.8, 4) is 0 Å². The van der Waals surface area contributed by atoms with Gasteiger partial charge in [-0.2, -0.15) is 0 Å². The van der Waals surface area contributed by atoms with Crippen molar-refractivity contribution < 1.29 is 4.79 Å². The third kappa shape index (κ3) is 3.81. The lowest BCUT2D eigenvalue weighted by atomic mass is 10.1. The van der Waals surface area contributed by atoms with Gasteiger partial charge in [0.15, 0.2) is 0 Å². The average molecular weight is 327 g/mol. The molecule has 2 aromatic heterocycles. The molecule has 0 bridgehead atoms. The van der Waals surface area contributed by atoms with Gasteiger partial charge in [-0.15, -0.1) is 5.10 Å². The van der Waals surface area contributed by atoms with E-state index in [1.54, 1.807) is 6.20 Å². The highest BCUT2D eigenvalue weighted by Crippen LogP contribution is 2.16. The van der Waals surface area contributed by atoms with E-state index in [0.717, 1.165) is 28.6 Å². The normalized spacial score (nSPS) is 12.0. The molecule has 0 aliphatic heterocycles. The van der Waals surface area contributed by atoms with Gasteiger partial charge in [0, 0.05) is 23.5 Å². The predicted octanol–water partition coefficient (Wildman–Crippen LogP) is 2.69. The molecule has 3 rings (SSSR count). The number of carbonyl (C=O) groups is 1. The number of para-hydroxylation sites is 1. The molecule has 23 heavy (non-hydrogen) atoms. The molecule has 3 aromatic rings. The minimum absolute atomic E-state index is 0.159. The van der Waals surface area contributed by atoms with E-state index in [9.17, 15) is 4.79 Å². The Morgan fingerprint density at radius 2 is 2.17 bits per heavy atom. The maximum atomic E-state index is 11.9. The van der Waals surface area contributed by atoms with Crippen LogP contribution in [0.5, 0.6) is 0 Å². The summed E-state index contributed by atoms with van der Waals surface area (Å²) in [5.74, 6) is 0. The van der Waals surface area contributed by atoms with E-state index in [4.69, 9.17) is 0 Å². The van der Waals surface area contributed by atoms with Gasteiger partial charge in [0.1, 0.15) is 0 Å². The molecular formula is C16H17N5OS. The van der Waals surface area contributed by atoms with E-state index >= 15 is 0 Å². The first kappa shape index (κ1) is 15.4. The summed E-state index contributed by atoms with van der Waals surface area (Å²) in [4.78, 5) is 16.3. The SMILES string of the molecule is CC(NC(=O)NCCc1cccc2cccnc12)c1csnn1. The zero-order chi connectivity index (χ0) is 16.1. The second-order valence-corrected chi connectivity index (χ2v) is 5.80. The van der Waals surface area contributed by atoms with Crippen LogP contribution in [0.4, 0.5) is 4.79 Å². The van der Waals surface area contributed by atoms with Crippen molar-refractivity contribution in [2.75, 3.05) is 6.54 Å². The van der Waals surface area contributed by atoms with Crippen LogP contribution in [0.2, 0.25) is 0 Å². The molecule has 0 saturated heterocycles. The Bertz CT molecular complexity index is 785. The highest BCUT2D eigenvalue weighted by atomic mass is 32.1. The number of amides is 2. The van der Waals surface area contributed by atoms with Crippen molar-refractivity contribution in [2.45, 2.75) is 19.4 Å². The van der Waals surface area contributed by atoms with Gasteiger partial charge in [-0.25, -0.2) is 4.79 Å². The van der Waals surface area contributed by atoms with Crippen LogP contribution < -0.4 is 10.6 Å². The lowest BCUT2D eigenvalue weighted by Gasteiger charge is -2.12. The first-order chi connectivity index (χ1) is 11.2. The third-order valence-corrected chi connectivity index (χ3v) is 4.09. The largest absolute Gasteiger partial charge is 0.338 e. The number of nitrogens with one attached hydrogen (secondary N) is 2. The highest BCUT2D eigenvalue weighted by Gasteiger charge is 2.11. The van der Waals surface area contributed by atoms with Crippen LogP contribution in [0.25, 0.3) is 10.9 Å². The van der Waals surface area contributed by atoms with Crippen molar-refractivity contribution in [3.05, 3.63) is 53.2 Å². The molecule has 0 aliphatic rings. The summed E-state index contributed by atoms with van der Waals surface area (Å²) in [7, 11) is 0. The van der Waals surface area contributed by atoms with Crippen LogP contribution in [0.15, 0.2) is 41.9 Å². The average Bonchev–Trinajstić information content (AvgIpc) is 3.10. The van der Waals surface area contributed by atoms with Crippen LogP contribution in [-0.2, 0) is 6.42 Å². The van der Waals surface area contributed by atoms with E-state index < -0.39 is 0 Å². The van der Waals surface area contributed by atoms with Gasteiger partial charge in [0.05, 0.1) is 17.3 Å². The first-order valence-electron chi connectivity index (χ1n) is 7.38. The summed E-state index contributed by atoms with van der Waals surface area (Å²) in [6.07, 6.45) is 2.52. The van der Waals surface area contributed by atoms with Gasteiger partial charge in [0.2, 0.25) is 0 Å². The van der Waals surface area contributed by atoms with Crippen LogP contribution in [-0.4, -0.2) is 27.1 Å². The molecule has 1 unspecified atom stereocenters. The zero-order valence-electron chi connectivity index (χ0n) is 12.7. The second kappa shape index (κ2) is 7.15. The Balaban J connectivity index is 1.53. The number of benzene rings is 1. The molecule has 0 radical (unpaired) electrons. The molecule has 118 valence electrons. The van der Waals surface area contributed by atoms with Crippen molar-refractivity contribution in [1.29, 1.82) is 0 Å². The van der Waals surface area contributed by atoms with Gasteiger partial charge in [0.25, 0.3) is 0 Å². The first-order valence-corrected chi connectivity index (χ1v) is 8.21. The summed E-state index contributed by atoms with van der Waals surface area (Å²) in [5, 5.41) is 12.6. The Labute approximate surface area is 138 Å². The number of pyridine rings is 1. The molecule has 2 heterocycles. The highest BCUT2D eigenvalue weighted by molar-refractivity contribution is 7.03. The molecule has 7 heteroatoms.